The van der Waals surface area contributed by atoms with E-state index in [1.807, 2.05) is 36.1 Å². The van der Waals surface area contributed by atoms with Crippen molar-refractivity contribution in [3.05, 3.63) is 29.8 Å². The summed E-state index contributed by atoms with van der Waals surface area (Å²) in [6.45, 7) is 8.99. The van der Waals surface area contributed by atoms with Crippen molar-refractivity contribution >= 4 is 23.5 Å². The third-order valence-electron chi connectivity index (χ3n) is 6.34. The summed E-state index contributed by atoms with van der Waals surface area (Å²) in [5.41, 5.74) is 3.51. The highest BCUT2D eigenvalue weighted by Gasteiger charge is 2.25. The Kier molecular flexibility index (Phi) is 7.61. The van der Waals surface area contributed by atoms with Gasteiger partial charge < -0.3 is 30.3 Å². The maximum Gasteiger partial charge on any atom is 0.321 e. The molecule has 2 saturated heterocycles. The van der Waals surface area contributed by atoms with Crippen molar-refractivity contribution < 1.29 is 14.6 Å². The second-order valence-corrected chi connectivity index (χ2v) is 8.66. The minimum absolute atomic E-state index is 0.0160. The summed E-state index contributed by atoms with van der Waals surface area (Å²) in [6, 6.07) is 7.74. The summed E-state index contributed by atoms with van der Waals surface area (Å²) in [4.78, 5) is 26.3. The van der Waals surface area contributed by atoms with Gasteiger partial charge in [-0.3, -0.25) is 0 Å². The number of aryl methyl sites for hydroxylation is 1. The van der Waals surface area contributed by atoms with E-state index in [0.29, 0.717) is 37.4 Å². The monoisotopic (exact) mass is 454 g/mol. The number of benzene rings is 1. The molecule has 0 spiro atoms. The molecule has 9 nitrogen and oxygen atoms in total. The van der Waals surface area contributed by atoms with Gasteiger partial charge in [0.2, 0.25) is 5.95 Å². The zero-order chi connectivity index (χ0) is 23.2. The smallest absolute Gasteiger partial charge is 0.321 e. The van der Waals surface area contributed by atoms with Gasteiger partial charge in [-0.2, -0.15) is 4.98 Å². The van der Waals surface area contributed by atoms with E-state index in [0.717, 1.165) is 61.5 Å². The van der Waals surface area contributed by atoms with Gasteiger partial charge >= 0.3 is 6.03 Å². The lowest BCUT2D eigenvalue weighted by atomic mass is 10.0. The van der Waals surface area contributed by atoms with Gasteiger partial charge in [-0.1, -0.05) is 19.4 Å². The molecule has 1 aromatic heterocycles. The third-order valence-corrected chi connectivity index (χ3v) is 6.34. The number of aliphatic hydroxyl groups excluding tert-OH is 1. The molecule has 2 aromatic rings. The summed E-state index contributed by atoms with van der Waals surface area (Å²) in [5.74, 6) is 1.88. The van der Waals surface area contributed by atoms with Crippen molar-refractivity contribution in [3.8, 4) is 11.3 Å². The Morgan fingerprint density at radius 1 is 1.21 bits per heavy atom. The molecule has 2 amide bonds. The van der Waals surface area contributed by atoms with E-state index in [4.69, 9.17) is 9.72 Å². The standard InChI is InChI=1S/C24H34N6O3/c1-3-18-6-8-30(16-18)24(32)26-19-5-4-17(2)20(14-19)21-15-22(25-7-11-31)28-23(27-21)29-9-12-33-13-10-29/h4-5,14-15,18,31H,3,6-13,16H2,1-2H3,(H,26,32)(H,25,27,28)/t18-/m1/s1. The van der Waals surface area contributed by atoms with Crippen LogP contribution < -0.4 is 15.5 Å². The van der Waals surface area contributed by atoms with Crippen molar-refractivity contribution in [2.75, 3.05) is 68.1 Å². The van der Waals surface area contributed by atoms with Gasteiger partial charge in [0.05, 0.1) is 25.5 Å². The van der Waals surface area contributed by atoms with Crippen LogP contribution in [0.15, 0.2) is 24.3 Å². The van der Waals surface area contributed by atoms with Gasteiger partial charge in [-0.15, -0.1) is 0 Å². The molecule has 1 atom stereocenters. The van der Waals surface area contributed by atoms with Crippen molar-refractivity contribution in [3.63, 3.8) is 0 Å². The van der Waals surface area contributed by atoms with Crippen LogP contribution in [0.2, 0.25) is 0 Å². The predicted molar refractivity (Wildman–Crippen MR) is 130 cm³/mol. The summed E-state index contributed by atoms with van der Waals surface area (Å²) < 4.78 is 5.47. The molecular weight excluding hydrogens is 420 g/mol. The Labute approximate surface area is 195 Å². The van der Waals surface area contributed by atoms with E-state index in [-0.39, 0.29) is 12.6 Å². The summed E-state index contributed by atoms with van der Waals surface area (Å²) in [7, 11) is 0. The lowest BCUT2D eigenvalue weighted by Gasteiger charge is -2.27. The van der Waals surface area contributed by atoms with Crippen LogP contribution >= 0.6 is 0 Å². The number of nitrogens with one attached hydrogen (secondary N) is 2. The number of amides is 2. The zero-order valence-electron chi connectivity index (χ0n) is 19.5. The van der Waals surface area contributed by atoms with E-state index in [1.165, 1.54) is 0 Å². The molecule has 0 unspecified atom stereocenters. The number of nitrogens with zero attached hydrogens (tertiary/aromatic N) is 4. The number of aliphatic hydroxyl groups is 1. The Bertz CT molecular complexity index is 963. The number of anilines is 3. The molecule has 9 heteroatoms. The molecular formula is C24H34N6O3. The molecule has 2 aliphatic heterocycles. The van der Waals surface area contributed by atoms with Gasteiger partial charge in [0.15, 0.2) is 0 Å². The first-order chi connectivity index (χ1) is 16.1. The minimum Gasteiger partial charge on any atom is -0.395 e. The minimum atomic E-state index is -0.0530. The highest BCUT2D eigenvalue weighted by atomic mass is 16.5. The second kappa shape index (κ2) is 10.8. The molecule has 2 aliphatic rings. The number of hydrogen-bond donors (Lipinski definition) is 3. The normalized spacial score (nSPS) is 18.5. The third kappa shape index (κ3) is 5.72. The van der Waals surface area contributed by atoms with E-state index < -0.39 is 0 Å². The van der Waals surface area contributed by atoms with Gasteiger partial charge in [-0.05, 0) is 37.0 Å². The van der Waals surface area contributed by atoms with Gasteiger partial charge in [0.1, 0.15) is 5.82 Å². The lowest BCUT2D eigenvalue weighted by Crippen LogP contribution is -2.37. The number of rotatable bonds is 7. The highest BCUT2D eigenvalue weighted by Crippen LogP contribution is 2.29. The maximum atomic E-state index is 12.8. The fourth-order valence-electron chi connectivity index (χ4n) is 4.28. The number of aromatic nitrogens is 2. The molecule has 0 aliphatic carbocycles. The first-order valence-corrected chi connectivity index (χ1v) is 11.8. The summed E-state index contributed by atoms with van der Waals surface area (Å²) in [5, 5.41) is 15.5. The molecule has 0 radical (unpaired) electrons. The van der Waals surface area contributed by atoms with Crippen LogP contribution in [0.1, 0.15) is 25.3 Å². The Balaban J connectivity index is 1.59. The second-order valence-electron chi connectivity index (χ2n) is 8.66. The van der Waals surface area contributed by atoms with Gasteiger partial charge in [0, 0.05) is 50.0 Å². The van der Waals surface area contributed by atoms with E-state index in [2.05, 4.69) is 27.4 Å². The number of ether oxygens (including phenoxy) is 1. The van der Waals surface area contributed by atoms with Crippen molar-refractivity contribution in [2.24, 2.45) is 5.92 Å². The van der Waals surface area contributed by atoms with Gasteiger partial charge in [0.25, 0.3) is 0 Å². The number of hydrogen-bond acceptors (Lipinski definition) is 7. The molecule has 0 saturated carbocycles. The highest BCUT2D eigenvalue weighted by molar-refractivity contribution is 5.90. The fraction of sp³-hybridized carbons (Fsp3) is 0.542. The maximum absolute atomic E-state index is 12.8. The van der Waals surface area contributed by atoms with Crippen LogP contribution in [-0.2, 0) is 4.74 Å². The number of urea groups is 1. The van der Waals surface area contributed by atoms with Crippen molar-refractivity contribution in [2.45, 2.75) is 26.7 Å². The van der Waals surface area contributed by atoms with Crippen LogP contribution in [-0.4, -0.2) is 78.5 Å². The average molecular weight is 455 g/mol. The van der Waals surface area contributed by atoms with E-state index >= 15 is 0 Å². The van der Waals surface area contributed by atoms with Crippen LogP contribution in [0.25, 0.3) is 11.3 Å². The molecule has 3 N–H and O–H groups in total. The quantitative estimate of drug-likeness (QED) is 0.591. The SMILES string of the molecule is CC[C@@H]1CCN(C(=O)Nc2ccc(C)c(-c3cc(NCCO)nc(N4CCOCC4)n3)c2)C1. The average Bonchev–Trinajstić information content (AvgIpc) is 3.34. The first-order valence-electron chi connectivity index (χ1n) is 11.8. The Morgan fingerprint density at radius 3 is 2.76 bits per heavy atom. The molecule has 1 aromatic carbocycles. The Morgan fingerprint density at radius 2 is 2.03 bits per heavy atom. The largest absolute Gasteiger partial charge is 0.395 e. The number of carbonyl (C=O) groups excluding carboxylic acids is 1. The molecule has 178 valence electrons. The topological polar surface area (TPSA) is 103 Å². The van der Waals surface area contributed by atoms with E-state index in [9.17, 15) is 9.90 Å². The van der Waals surface area contributed by atoms with Crippen LogP contribution in [0.5, 0.6) is 0 Å². The number of carbonyl (C=O) groups is 1. The van der Waals surface area contributed by atoms with Gasteiger partial charge in [-0.25, -0.2) is 9.78 Å². The molecule has 2 fully saturated rings. The molecule has 3 heterocycles. The van der Waals surface area contributed by atoms with Crippen LogP contribution in [0.3, 0.4) is 0 Å². The van der Waals surface area contributed by atoms with Crippen molar-refractivity contribution in [1.82, 2.24) is 14.9 Å². The number of likely N-dealkylation sites (tertiary alicyclic amines) is 1. The fourth-order valence-corrected chi connectivity index (χ4v) is 4.28. The van der Waals surface area contributed by atoms with E-state index in [1.54, 1.807) is 0 Å². The molecule has 4 rings (SSSR count). The zero-order valence-corrected chi connectivity index (χ0v) is 19.5. The Hall–Kier alpha value is -2.91. The predicted octanol–water partition coefficient (Wildman–Crippen LogP) is 2.96. The first kappa shape index (κ1) is 23.3. The number of morpholine rings is 1. The van der Waals surface area contributed by atoms with Crippen molar-refractivity contribution in [1.29, 1.82) is 0 Å². The summed E-state index contributed by atoms with van der Waals surface area (Å²) >= 11 is 0. The van der Waals surface area contributed by atoms with Crippen LogP contribution in [0, 0.1) is 12.8 Å². The molecule has 33 heavy (non-hydrogen) atoms. The molecule has 0 bridgehead atoms. The van der Waals surface area contributed by atoms with Crippen LogP contribution in [0.4, 0.5) is 22.2 Å². The summed E-state index contributed by atoms with van der Waals surface area (Å²) in [6.07, 6.45) is 2.17. The lowest BCUT2D eigenvalue weighted by molar-refractivity contribution is 0.122.